The Morgan fingerprint density at radius 1 is 1.29 bits per heavy atom. The molecule has 0 radical (unpaired) electrons. The van der Waals surface area contributed by atoms with Crippen LogP contribution in [0.15, 0.2) is 18.2 Å². The van der Waals surface area contributed by atoms with Gasteiger partial charge in [0.1, 0.15) is 0 Å². The van der Waals surface area contributed by atoms with Gasteiger partial charge in [-0.3, -0.25) is 4.90 Å². The summed E-state index contributed by atoms with van der Waals surface area (Å²) in [6.07, 6.45) is 3.24. The van der Waals surface area contributed by atoms with E-state index >= 15 is 0 Å². The lowest BCUT2D eigenvalue weighted by molar-refractivity contribution is 0.0753. The summed E-state index contributed by atoms with van der Waals surface area (Å²) >= 11 is 0. The molecule has 118 valence electrons. The number of hydrogen-bond donors (Lipinski definition) is 1. The number of ether oxygens (including phenoxy) is 1. The Morgan fingerprint density at radius 3 is 2.57 bits per heavy atom. The molecule has 4 heteroatoms. The fourth-order valence-electron chi connectivity index (χ4n) is 3.24. The molecule has 1 aliphatic heterocycles. The smallest absolute Gasteiger partial charge is 0.165 e. The van der Waals surface area contributed by atoms with Crippen molar-refractivity contribution in [2.75, 3.05) is 13.7 Å². The van der Waals surface area contributed by atoms with Crippen molar-refractivity contribution in [1.82, 2.24) is 4.90 Å². The fourth-order valence-corrected chi connectivity index (χ4v) is 3.24. The Bertz CT molecular complexity index is 484. The minimum Gasteiger partial charge on any atom is -0.494 e. The number of nitrogens with zero attached hydrogens (tertiary/aromatic N) is 1. The predicted octanol–water partition coefficient (Wildman–Crippen LogP) is 3.49. The summed E-state index contributed by atoms with van der Waals surface area (Å²) in [4.78, 5) is 2.41. The van der Waals surface area contributed by atoms with E-state index in [4.69, 9.17) is 10.5 Å². The molecule has 2 rings (SSSR count). The van der Waals surface area contributed by atoms with Gasteiger partial charge in [-0.25, -0.2) is 4.39 Å². The van der Waals surface area contributed by atoms with Gasteiger partial charge in [-0.05, 0) is 57.9 Å². The molecule has 3 nitrogen and oxygen atoms in total. The van der Waals surface area contributed by atoms with Gasteiger partial charge in [0, 0.05) is 11.6 Å². The van der Waals surface area contributed by atoms with Crippen LogP contribution >= 0.6 is 0 Å². The number of likely N-dealkylation sites (tertiary alicyclic amines) is 1. The Hall–Kier alpha value is -1.13. The van der Waals surface area contributed by atoms with Crippen LogP contribution in [0.25, 0.3) is 0 Å². The summed E-state index contributed by atoms with van der Waals surface area (Å²) in [6.45, 7) is 7.57. The van der Waals surface area contributed by atoms with E-state index in [0.717, 1.165) is 31.4 Å². The molecule has 2 unspecified atom stereocenters. The number of nitrogens with two attached hydrogens (primary N) is 1. The van der Waals surface area contributed by atoms with Crippen molar-refractivity contribution < 1.29 is 9.13 Å². The van der Waals surface area contributed by atoms with Crippen LogP contribution in [0.3, 0.4) is 0 Å². The Morgan fingerprint density at radius 2 is 2.00 bits per heavy atom. The highest BCUT2D eigenvalue weighted by Gasteiger charge is 2.35. The highest BCUT2D eigenvalue weighted by molar-refractivity contribution is 5.32. The fraction of sp³-hybridized carbons (Fsp3) is 0.647. The molecule has 0 aliphatic carbocycles. The van der Waals surface area contributed by atoms with E-state index in [2.05, 4.69) is 25.7 Å². The van der Waals surface area contributed by atoms with E-state index in [0.29, 0.717) is 0 Å². The Balaban J connectivity index is 2.41. The van der Waals surface area contributed by atoms with Crippen molar-refractivity contribution in [2.24, 2.45) is 5.73 Å². The molecule has 1 aromatic carbocycles. The van der Waals surface area contributed by atoms with Gasteiger partial charge < -0.3 is 10.5 Å². The molecule has 0 aromatic heterocycles. The maximum atomic E-state index is 14.1. The van der Waals surface area contributed by atoms with Crippen LogP contribution in [-0.4, -0.2) is 30.1 Å². The molecule has 1 saturated heterocycles. The number of methoxy groups -OCH3 is 1. The Labute approximate surface area is 127 Å². The molecule has 0 spiro atoms. The maximum absolute atomic E-state index is 14.1. The first kappa shape index (κ1) is 16.2. The van der Waals surface area contributed by atoms with Crippen LogP contribution in [0.2, 0.25) is 0 Å². The average Bonchev–Trinajstić information content (AvgIpc) is 2.60. The van der Waals surface area contributed by atoms with Gasteiger partial charge in [-0.2, -0.15) is 0 Å². The number of benzene rings is 1. The normalized spacial score (nSPS) is 24.7. The molecule has 0 saturated carbocycles. The summed E-state index contributed by atoms with van der Waals surface area (Å²) in [7, 11) is 1.48. The third kappa shape index (κ3) is 3.55. The molecule has 0 amide bonds. The van der Waals surface area contributed by atoms with E-state index in [-0.39, 0.29) is 29.2 Å². The molecule has 1 fully saturated rings. The lowest BCUT2D eigenvalue weighted by Crippen LogP contribution is -2.49. The molecule has 2 atom stereocenters. The summed E-state index contributed by atoms with van der Waals surface area (Å²) < 4.78 is 19.1. The largest absolute Gasteiger partial charge is 0.494 e. The van der Waals surface area contributed by atoms with Gasteiger partial charge in [0.25, 0.3) is 0 Å². The second kappa shape index (κ2) is 6.32. The molecule has 1 aliphatic rings. The summed E-state index contributed by atoms with van der Waals surface area (Å²) in [5.41, 5.74) is 7.37. The first-order valence-electron chi connectivity index (χ1n) is 7.70. The van der Waals surface area contributed by atoms with Gasteiger partial charge in [0.2, 0.25) is 0 Å². The SMILES string of the molecule is COc1ccc(C2C(N)CCCCN2C(C)(C)C)cc1F. The van der Waals surface area contributed by atoms with Crippen molar-refractivity contribution >= 4 is 0 Å². The third-order valence-electron chi connectivity index (χ3n) is 4.31. The molecule has 21 heavy (non-hydrogen) atoms. The van der Waals surface area contributed by atoms with Crippen molar-refractivity contribution in [3.8, 4) is 5.75 Å². The third-order valence-corrected chi connectivity index (χ3v) is 4.31. The van der Waals surface area contributed by atoms with Crippen molar-refractivity contribution in [3.63, 3.8) is 0 Å². The molecule has 1 aromatic rings. The molecule has 2 N–H and O–H groups in total. The minimum atomic E-state index is -0.319. The monoisotopic (exact) mass is 294 g/mol. The maximum Gasteiger partial charge on any atom is 0.165 e. The van der Waals surface area contributed by atoms with Crippen molar-refractivity contribution in [1.29, 1.82) is 0 Å². The minimum absolute atomic E-state index is 0.00301. The molecular formula is C17H27FN2O. The lowest BCUT2D eigenvalue weighted by Gasteiger charge is -2.43. The lowest BCUT2D eigenvalue weighted by atomic mass is 9.92. The summed E-state index contributed by atoms with van der Waals surface area (Å²) in [6, 6.07) is 5.29. The standard InChI is InChI=1S/C17H27FN2O/c1-17(2,3)20-10-6-5-7-14(19)16(20)12-8-9-15(21-4)13(18)11-12/h8-9,11,14,16H,5-7,10,19H2,1-4H3. The zero-order valence-corrected chi connectivity index (χ0v) is 13.5. The second-order valence-electron chi connectivity index (χ2n) is 6.86. The van der Waals surface area contributed by atoms with Crippen LogP contribution in [0.4, 0.5) is 4.39 Å². The highest BCUT2D eigenvalue weighted by Crippen LogP contribution is 2.36. The van der Waals surface area contributed by atoms with Gasteiger partial charge >= 0.3 is 0 Å². The second-order valence-corrected chi connectivity index (χ2v) is 6.86. The number of hydrogen-bond acceptors (Lipinski definition) is 3. The molecule has 1 heterocycles. The average molecular weight is 294 g/mol. The quantitative estimate of drug-likeness (QED) is 0.907. The topological polar surface area (TPSA) is 38.5 Å². The van der Waals surface area contributed by atoms with Crippen molar-refractivity contribution in [2.45, 2.75) is 57.7 Å². The van der Waals surface area contributed by atoms with E-state index in [1.807, 2.05) is 6.07 Å². The Kier molecular flexibility index (Phi) is 4.89. The van der Waals surface area contributed by atoms with E-state index < -0.39 is 0 Å². The first-order chi connectivity index (χ1) is 9.84. The molecular weight excluding hydrogens is 267 g/mol. The van der Waals surface area contributed by atoms with Crippen LogP contribution < -0.4 is 10.5 Å². The van der Waals surface area contributed by atoms with Gasteiger partial charge in [-0.15, -0.1) is 0 Å². The zero-order chi connectivity index (χ0) is 15.6. The van der Waals surface area contributed by atoms with Gasteiger partial charge in [-0.1, -0.05) is 12.5 Å². The van der Waals surface area contributed by atoms with Gasteiger partial charge in [0.05, 0.1) is 13.2 Å². The first-order valence-corrected chi connectivity index (χ1v) is 7.70. The van der Waals surface area contributed by atoms with Crippen molar-refractivity contribution in [3.05, 3.63) is 29.6 Å². The highest BCUT2D eigenvalue weighted by atomic mass is 19.1. The van der Waals surface area contributed by atoms with E-state index in [1.54, 1.807) is 12.1 Å². The van der Waals surface area contributed by atoms with E-state index in [1.165, 1.54) is 7.11 Å². The summed E-state index contributed by atoms with van der Waals surface area (Å²) in [5, 5.41) is 0. The predicted molar refractivity (Wildman–Crippen MR) is 84.0 cm³/mol. The summed E-state index contributed by atoms with van der Waals surface area (Å²) in [5.74, 6) is -0.0384. The van der Waals surface area contributed by atoms with Crippen LogP contribution in [0.1, 0.15) is 51.6 Å². The van der Waals surface area contributed by atoms with Crippen LogP contribution in [0, 0.1) is 5.82 Å². The van der Waals surface area contributed by atoms with Crippen LogP contribution in [-0.2, 0) is 0 Å². The molecule has 0 bridgehead atoms. The number of rotatable bonds is 2. The van der Waals surface area contributed by atoms with E-state index in [9.17, 15) is 4.39 Å². The van der Waals surface area contributed by atoms with Gasteiger partial charge in [0.15, 0.2) is 11.6 Å². The zero-order valence-electron chi connectivity index (χ0n) is 13.5. The van der Waals surface area contributed by atoms with Crippen LogP contribution in [0.5, 0.6) is 5.75 Å². The number of halogens is 1.